The highest BCUT2D eigenvalue weighted by molar-refractivity contribution is 6.16. The van der Waals surface area contributed by atoms with Crippen molar-refractivity contribution < 1.29 is 0 Å². The van der Waals surface area contributed by atoms with Crippen LogP contribution in [0.15, 0.2) is 182 Å². The van der Waals surface area contributed by atoms with Gasteiger partial charge in [-0.15, -0.1) is 0 Å². The Kier molecular flexibility index (Phi) is 6.78. The summed E-state index contributed by atoms with van der Waals surface area (Å²) in [7, 11) is 0. The third-order valence-electron chi connectivity index (χ3n) is 13.5. The van der Waals surface area contributed by atoms with Gasteiger partial charge < -0.3 is 9.47 Å². The van der Waals surface area contributed by atoms with Gasteiger partial charge >= 0.3 is 0 Å². The topological polar surface area (TPSA) is 8.17 Å². The summed E-state index contributed by atoms with van der Waals surface area (Å²) < 4.78 is 2.63. The SMILES string of the molecule is CC1(C)c2cccc3c2-n2c4c1cc(-c1ccccc1)cc4c1cc(-c4ccc(N(c5cccc6ccccc56)c5cccc6ccccc56)cc4)cc(c12)C3(C)C. The van der Waals surface area contributed by atoms with Crippen molar-refractivity contribution in [2.24, 2.45) is 0 Å². The van der Waals surface area contributed by atoms with Gasteiger partial charge in [-0.2, -0.15) is 0 Å². The molecule has 0 bridgehead atoms. The first-order chi connectivity index (χ1) is 28.3. The van der Waals surface area contributed by atoms with Gasteiger partial charge in [0.1, 0.15) is 0 Å². The molecule has 0 fully saturated rings. The molecule has 2 aliphatic rings. The fourth-order valence-electron chi connectivity index (χ4n) is 10.5. The molecule has 2 aliphatic heterocycles. The second kappa shape index (κ2) is 11.8. The van der Waals surface area contributed by atoms with E-state index in [0.29, 0.717) is 0 Å². The molecule has 0 amide bonds. The molecule has 0 unspecified atom stereocenters. The van der Waals surface area contributed by atoms with E-state index in [-0.39, 0.29) is 10.8 Å². The van der Waals surface area contributed by atoms with Crippen LogP contribution in [0, 0.1) is 0 Å². The van der Waals surface area contributed by atoms with E-state index >= 15 is 0 Å². The highest BCUT2D eigenvalue weighted by Crippen LogP contribution is 2.56. The Hall–Kier alpha value is -6.90. The van der Waals surface area contributed by atoms with Gasteiger partial charge in [0.2, 0.25) is 0 Å². The zero-order valence-electron chi connectivity index (χ0n) is 33.2. The zero-order valence-corrected chi connectivity index (χ0v) is 33.2. The number of hydrogen-bond donors (Lipinski definition) is 0. The molecule has 0 aliphatic carbocycles. The van der Waals surface area contributed by atoms with E-state index in [9.17, 15) is 0 Å². The van der Waals surface area contributed by atoms with Crippen LogP contribution >= 0.6 is 0 Å². The molecule has 12 rings (SSSR count). The molecule has 3 heterocycles. The van der Waals surface area contributed by atoms with Gasteiger partial charge in [0, 0.05) is 38.1 Å². The highest BCUT2D eigenvalue weighted by atomic mass is 15.1. The second-order valence-corrected chi connectivity index (χ2v) is 17.4. The van der Waals surface area contributed by atoms with E-state index in [1.165, 1.54) is 105 Å². The van der Waals surface area contributed by atoms with Crippen LogP contribution in [0.1, 0.15) is 49.9 Å². The smallest absolute Gasteiger partial charge is 0.0582 e. The van der Waals surface area contributed by atoms with Gasteiger partial charge in [-0.05, 0) is 104 Å². The quantitative estimate of drug-likeness (QED) is 0.170. The first-order valence-electron chi connectivity index (χ1n) is 20.5. The van der Waals surface area contributed by atoms with E-state index in [2.05, 4.69) is 219 Å². The van der Waals surface area contributed by atoms with Gasteiger partial charge in [0.05, 0.1) is 28.1 Å². The van der Waals surface area contributed by atoms with Gasteiger partial charge in [-0.1, -0.05) is 161 Å². The van der Waals surface area contributed by atoms with Crippen molar-refractivity contribution in [1.29, 1.82) is 0 Å². The molecular formula is C56H42N2. The van der Waals surface area contributed by atoms with Crippen molar-refractivity contribution in [3.63, 3.8) is 0 Å². The second-order valence-electron chi connectivity index (χ2n) is 17.4. The predicted octanol–water partition coefficient (Wildman–Crippen LogP) is 15.2. The highest BCUT2D eigenvalue weighted by Gasteiger charge is 2.43. The van der Waals surface area contributed by atoms with Crippen LogP contribution in [0.25, 0.3) is 71.3 Å². The Balaban J connectivity index is 1.10. The van der Waals surface area contributed by atoms with Crippen LogP contribution in [0.5, 0.6) is 0 Å². The third kappa shape index (κ3) is 4.49. The first kappa shape index (κ1) is 33.3. The van der Waals surface area contributed by atoms with Crippen LogP contribution in [-0.4, -0.2) is 4.57 Å². The molecule has 58 heavy (non-hydrogen) atoms. The molecule has 2 heteroatoms. The lowest BCUT2D eigenvalue weighted by molar-refractivity contribution is 0.594. The van der Waals surface area contributed by atoms with Gasteiger partial charge in [0.25, 0.3) is 0 Å². The summed E-state index contributed by atoms with van der Waals surface area (Å²) in [6, 6.07) is 67.8. The zero-order chi connectivity index (χ0) is 38.9. The van der Waals surface area contributed by atoms with Crippen LogP contribution in [0.2, 0.25) is 0 Å². The van der Waals surface area contributed by atoms with Crippen LogP contribution in [0.4, 0.5) is 17.1 Å². The number of fused-ring (bicyclic) bond motifs is 3. The number of rotatable bonds is 5. The van der Waals surface area contributed by atoms with Gasteiger partial charge in [-0.3, -0.25) is 0 Å². The lowest BCUT2D eigenvalue weighted by Gasteiger charge is -2.42. The molecule has 0 N–H and O–H groups in total. The maximum atomic E-state index is 2.63. The molecule has 276 valence electrons. The minimum Gasteiger partial charge on any atom is -0.309 e. The summed E-state index contributed by atoms with van der Waals surface area (Å²) in [4.78, 5) is 2.44. The Morgan fingerprint density at radius 3 is 1.34 bits per heavy atom. The summed E-state index contributed by atoms with van der Waals surface area (Å²) in [5.74, 6) is 0. The fraction of sp³-hybridized carbons (Fsp3) is 0.107. The Morgan fingerprint density at radius 2 is 0.810 bits per heavy atom. The maximum Gasteiger partial charge on any atom is 0.0582 e. The molecule has 0 spiro atoms. The third-order valence-corrected chi connectivity index (χ3v) is 13.5. The summed E-state index contributed by atoms with van der Waals surface area (Å²) in [6.07, 6.45) is 0. The minimum absolute atomic E-state index is 0.162. The predicted molar refractivity (Wildman–Crippen MR) is 246 cm³/mol. The standard InChI is InChI=1S/C56H42N2/c1-55(2)46-23-14-24-47-54(46)58-52-44(31-39(33-48(52)55)35-15-6-5-7-16-35)45-32-40(34-49(53(45)58)56(47,3)4)36-27-29-41(30-28-36)57(50-25-12-19-37-17-8-10-21-42(37)50)51-26-13-20-38-18-9-11-22-43(38)51/h5-34H,1-4H3. The van der Waals surface area contributed by atoms with E-state index < -0.39 is 0 Å². The largest absolute Gasteiger partial charge is 0.309 e. The van der Waals surface area contributed by atoms with Crippen molar-refractivity contribution in [2.45, 2.75) is 38.5 Å². The Bertz CT molecular complexity index is 3240. The molecule has 0 atom stereocenters. The first-order valence-corrected chi connectivity index (χ1v) is 20.5. The number of anilines is 3. The maximum absolute atomic E-state index is 2.63. The number of benzene rings is 9. The summed E-state index contributed by atoms with van der Waals surface area (Å²) >= 11 is 0. The van der Waals surface area contributed by atoms with Gasteiger partial charge in [-0.25, -0.2) is 0 Å². The average molecular weight is 743 g/mol. The normalized spacial score (nSPS) is 14.5. The monoisotopic (exact) mass is 742 g/mol. The molecule has 0 saturated carbocycles. The van der Waals surface area contributed by atoms with Crippen LogP contribution in [0.3, 0.4) is 0 Å². The van der Waals surface area contributed by atoms with Crippen LogP contribution < -0.4 is 4.90 Å². The van der Waals surface area contributed by atoms with Crippen molar-refractivity contribution in [3.8, 4) is 27.9 Å². The molecule has 10 aromatic rings. The number of nitrogens with zero attached hydrogens (tertiary/aromatic N) is 2. The average Bonchev–Trinajstić information content (AvgIpc) is 3.59. The fourth-order valence-corrected chi connectivity index (χ4v) is 10.5. The van der Waals surface area contributed by atoms with Crippen molar-refractivity contribution >= 4 is 60.4 Å². The van der Waals surface area contributed by atoms with E-state index in [4.69, 9.17) is 0 Å². The van der Waals surface area contributed by atoms with Crippen LogP contribution in [-0.2, 0) is 10.8 Å². The Morgan fingerprint density at radius 1 is 0.362 bits per heavy atom. The van der Waals surface area contributed by atoms with Gasteiger partial charge in [0.15, 0.2) is 0 Å². The number of para-hydroxylation sites is 1. The molecule has 0 saturated heterocycles. The summed E-state index contributed by atoms with van der Waals surface area (Å²) in [5.41, 5.74) is 17.7. The number of hydrogen-bond acceptors (Lipinski definition) is 1. The van der Waals surface area contributed by atoms with E-state index in [0.717, 1.165) is 5.69 Å². The summed E-state index contributed by atoms with van der Waals surface area (Å²) in [6.45, 7) is 9.69. The molecule has 9 aromatic carbocycles. The Labute approximate surface area is 339 Å². The van der Waals surface area contributed by atoms with Crippen molar-refractivity contribution in [3.05, 3.63) is 204 Å². The van der Waals surface area contributed by atoms with E-state index in [1.807, 2.05) is 0 Å². The lowest BCUT2D eigenvalue weighted by atomic mass is 9.68. The molecule has 1 aromatic heterocycles. The number of aromatic nitrogens is 1. The molecule has 0 radical (unpaired) electrons. The molecular weight excluding hydrogens is 701 g/mol. The molecule has 2 nitrogen and oxygen atoms in total. The minimum atomic E-state index is -0.195. The van der Waals surface area contributed by atoms with Crippen molar-refractivity contribution in [1.82, 2.24) is 4.57 Å². The summed E-state index contributed by atoms with van der Waals surface area (Å²) in [5, 5.41) is 7.56. The van der Waals surface area contributed by atoms with Crippen molar-refractivity contribution in [2.75, 3.05) is 4.90 Å². The lowest BCUT2D eigenvalue weighted by Crippen LogP contribution is -2.33. The van der Waals surface area contributed by atoms with E-state index in [1.54, 1.807) is 0 Å².